The van der Waals surface area contributed by atoms with Crippen LogP contribution in [0.25, 0.3) is 5.69 Å². The Labute approximate surface area is 213 Å². The maximum Gasteiger partial charge on any atom is 0.350 e. The Kier molecular flexibility index (Phi) is 6.35. The highest BCUT2D eigenvalue weighted by Gasteiger charge is 2.27. The van der Waals surface area contributed by atoms with E-state index in [2.05, 4.69) is 20.4 Å². The Bertz CT molecular complexity index is 1590. The van der Waals surface area contributed by atoms with Crippen LogP contribution in [-0.4, -0.2) is 37.5 Å². The molecule has 0 fully saturated rings. The number of aromatic nitrogens is 4. The van der Waals surface area contributed by atoms with Crippen molar-refractivity contribution in [3.05, 3.63) is 94.3 Å². The molecule has 3 heterocycles. The number of pyridine rings is 1. The minimum atomic E-state index is -0.917. The molecule has 196 valence electrons. The van der Waals surface area contributed by atoms with Crippen LogP contribution in [0.15, 0.2) is 64.8 Å². The summed E-state index contributed by atoms with van der Waals surface area (Å²) in [6, 6.07) is 8.25. The number of rotatable bonds is 6. The van der Waals surface area contributed by atoms with Crippen LogP contribution in [-0.2, 0) is 11.3 Å². The van der Waals surface area contributed by atoms with Crippen molar-refractivity contribution < 1.29 is 27.0 Å². The molecule has 2 aromatic carbocycles. The van der Waals surface area contributed by atoms with Gasteiger partial charge in [-0.2, -0.15) is 9.78 Å². The lowest BCUT2D eigenvalue weighted by molar-refractivity contribution is 0.278. The van der Waals surface area contributed by atoms with E-state index < -0.39 is 41.0 Å². The molecular weight excluding hydrogens is 508 g/mol. The van der Waals surface area contributed by atoms with Gasteiger partial charge in [0.05, 0.1) is 24.0 Å². The predicted octanol–water partition coefficient (Wildman–Crippen LogP) is 4.40. The first kappa shape index (κ1) is 25.0. The molecule has 1 N–H and O–H groups in total. The van der Waals surface area contributed by atoms with Crippen molar-refractivity contribution in [3.63, 3.8) is 0 Å². The van der Waals surface area contributed by atoms with Gasteiger partial charge in [-0.15, -0.1) is 0 Å². The highest BCUT2D eigenvalue weighted by Crippen LogP contribution is 2.29. The lowest BCUT2D eigenvalue weighted by Crippen LogP contribution is -2.24. The molecular formula is C25H20F4N6O3. The SMILES string of the molecule is CC1(C)COC(Nc2cc(Oc3ccc(-n4ncn(Cc5c(F)cccc5F)c4=O)cc3F)c(F)cn2)=N1. The van der Waals surface area contributed by atoms with Crippen molar-refractivity contribution in [3.8, 4) is 17.2 Å². The normalized spacial score (nSPS) is 14.2. The second-order valence-electron chi connectivity index (χ2n) is 9.01. The van der Waals surface area contributed by atoms with Gasteiger partial charge in [0.25, 0.3) is 6.02 Å². The first-order valence-electron chi connectivity index (χ1n) is 11.3. The molecule has 2 aromatic heterocycles. The Balaban J connectivity index is 1.35. The molecule has 1 aliphatic heterocycles. The number of nitrogens with one attached hydrogen (secondary N) is 1. The third kappa shape index (κ3) is 5.08. The van der Waals surface area contributed by atoms with Gasteiger partial charge in [-0.1, -0.05) is 6.07 Å². The van der Waals surface area contributed by atoms with Gasteiger partial charge in [-0.05, 0) is 38.1 Å². The van der Waals surface area contributed by atoms with Crippen LogP contribution in [0.2, 0.25) is 0 Å². The molecule has 38 heavy (non-hydrogen) atoms. The lowest BCUT2D eigenvalue weighted by atomic mass is 10.1. The van der Waals surface area contributed by atoms with Crippen molar-refractivity contribution in [2.75, 3.05) is 11.9 Å². The van der Waals surface area contributed by atoms with E-state index in [0.717, 1.165) is 40.0 Å². The van der Waals surface area contributed by atoms with E-state index in [-0.39, 0.29) is 34.6 Å². The second kappa shape index (κ2) is 9.65. The van der Waals surface area contributed by atoms with Crippen molar-refractivity contribution in [1.82, 2.24) is 19.3 Å². The molecule has 0 amide bonds. The average molecular weight is 528 g/mol. The van der Waals surface area contributed by atoms with Crippen LogP contribution in [0.3, 0.4) is 0 Å². The number of anilines is 1. The van der Waals surface area contributed by atoms with E-state index >= 15 is 0 Å². The fraction of sp³-hybridized carbons (Fsp3) is 0.200. The van der Waals surface area contributed by atoms with Gasteiger partial charge in [0, 0.05) is 17.7 Å². The monoisotopic (exact) mass is 528 g/mol. The summed E-state index contributed by atoms with van der Waals surface area (Å²) in [6.45, 7) is 3.71. The van der Waals surface area contributed by atoms with E-state index in [1.807, 2.05) is 13.8 Å². The van der Waals surface area contributed by atoms with E-state index in [1.165, 1.54) is 24.3 Å². The summed E-state index contributed by atoms with van der Waals surface area (Å²) in [4.78, 5) is 21.0. The molecule has 0 atom stereocenters. The van der Waals surface area contributed by atoms with Crippen LogP contribution >= 0.6 is 0 Å². The maximum absolute atomic E-state index is 14.9. The van der Waals surface area contributed by atoms with Gasteiger partial charge in [-0.25, -0.2) is 32.3 Å². The molecule has 0 aliphatic carbocycles. The highest BCUT2D eigenvalue weighted by atomic mass is 19.1. The molecule has 0 bridgehead atoms. The Morgan fingerprint density at radius 3 is 2.47 bits per heavy atom. The number of hydrogen-bond acceptors (Lipinski definition) is 7. The number of nitrogens with zero attached hydrogens (tertiary/aromatic N) is 5. The van der Waals surface area contributed by atoms with Crippen LogP contribution in [0.5, 0.6) is 11.5 Å². The van der Waals surface area contributed by atoms with Gasteiger partial charge in [0.1, 0.15) is 30.4 Å². The topological polar surface area (TPSA) is 95.6 Å². The van der Waals surface area contributed by atoms with Crippen molar-refractivity contribution in [2.24, 2.45) is 4.99 Å². The number of hydrogen-bond donors (Lipinski definition) is 1. The van der Waals surface area contributed by atoms with Crippen molar-refractivity contribution >= 4 is 11.8 Å². The number of ether oxygens (including phenoxy) is 2. The van der Waals surface area contributed by atoms with Crippen LogP contribution in [0, 0.1) is 23.3 Å². The van der Waals surface area contributed by atoms with Gasteiger partial charge in [0.2, 0.25) is 0 Å². The van der Waals surface area contributed by atoms with Crippen molar-refractivity contribution in [2.45, 2.75) is 25.9 Å². The molecule has 13 heteroatoms. The van der Waals surface area contributed by atoms with E-state index in [9.17, 15) is 22.4 Å². The first-order chi connectivity index (χ1) is 18.1. The molecule has 4 aromatic rings. The summed E-state index contributed by atoms with van der Waals surface area (Å²) >= 11 is 0. The van der Waals surface area contributed by atoms with Gasteiger partial charge < -0.3 is 9.47 Å². The Hall–Kier alpha value is -4.68. The summed E-state index contributed by atoms with van der Waals surface area (Å²) < 4.78 is 69.8. The van der Waals surface area contributed by atoms with Gasteiger partial charge >= 0.3 is 5.69 Å². The summed E-state index contributed by atoms with van der Waals surface area (Å²) in [5.41, 5.74) is -1.47. The quantitative estimate of drug-likeness (QED) is 0.373. The number of halogens is 4. The Morgan fingerprint density at radius 2 is 1.79 bits per heavy atom. The third-order valence-corrected chi connectivity index (χ3v) is 5.52. The fourth-order valence-corrected chi connectivity index (χ4v) is 3.62. The molecule has 1 aliphatic rings. The lowest BCUT2D eigenvalue weighted by Gasteiger charge is -2.11. The standard InChI is InChI=1S/C25H20F4N6O3/c1-25(2)12-37-23(33-25)32-22-9-21(19(29)10-30-22)38-20-7-6-14(8-18(20)28)35-24(36)34(13-31-35)11-15-16(26)4-3-5-17(15)27/h3-10,13H,11-12H2,1-2H3,(H,30,32,33). The Morgan fingerprint density at radius 1 is 1.03 bits per heavy atom. The maximum atomic E-state index is 14.9. The largest absolute Gasteiger partial charge is 0.462 e. The summed E-state index contributed by atoms with van der Waals surface area (Å²) in [6.07, 6.45) is 1.98. The van der Waals surface area contributed by atoms with Crippen LogP contribution in [0.4, 0.5) is 23.4 Å². The summed E-state index contributed by atoms with van der Waals surface area (Å²) in [7, 11) is 0. The second-order valence-corrected chi connectivity index (χ2v) is 9.01. The summed E-state index contributed by atoms with van der Waals surface area (Å²) in [5, 5.41) is 6.70. The minimum Gasteiger partial charge on any atom is -0.462 e. The summed E-state index contributed by atoms with van der Waals surface area (Å²) in [5.74, 6) is -3.87. The van der Waals surface area contributed by atoms with Crippen molar-refractivity contribution in [1.29, 1.82) is 0 Å². The van der Waals surface area contributed by atoms with Crippen LogP contribution in [0.1, 0.15) is 19.4 Å². The molecule has 0 saturated heterocycles. The number of benzene rings is 2. The zero-order chi connectivity index (χ0) is 27.0. The van der Waals surface area contributed by atoms with E-state index in [4.69, 9.17) is 9.47 Å². The zero-order valence-corrected chi connectivity index (χ0v) is 20.1. The molecule has 0 unspecified atom stereocenters. The van der Waals surface area contributed by atoms with E-state index in [1.54, 1.807) is 0 Å². The third-order valence-electron chi connectivity index (χ3n) is 5.52. The zero-order valence-electron chi connectivity index (χ0n) is 20.1. The molecule has 0 spiro atoms. The van der Waals surface area contributed by atoms with Gasteiger partial charge in [0.15, 0.2) is 23.1 Å². The fourth-order valence-electron chi connectivity index (χ4n) is 3.62. The highest BCUT2D eigenvalue weighted by molar-refractivity contribution is 5.89. The molecule has 5 rings (SSSR count). The molecule has 0 radical (unpaired) electrons. The number of amidine groups is 1. The van der Waals surface area contributed by atoms with Gasteiger partial charge in [-0.3, -0.25) is 9.88 Å². The molecule has 0 saturated carbocycles. The van der Waals surface area contributed by atoms with Crippen LogP contribution < -0.4 is 15.7 Å². The smallest absolute Gasteiger partial charge is 0.350 e. The number of aliphatic imine (C=N–C) groups is 1. The van der Waals surface area contributed by atoms with E-state index in [0.29, 0.717) is 6.61 Å². The first-order valence-corrected chi connectivity index (χ1v) is 11.3. The average Bonchev–Trinajstić information content (AvgIpc) is 3.40. The molecule has 9 nitrogen and oxygen atoms in total. The minimum absolute atomic E-state index is 0.0177. The predicted molar refractivity (Wildman–Crippen MR) is 129 cm³/mol.